The third-order valence-corrected chi connectivity index (χ3v) is 14.1. The summed E-state index contributed by atoms with van der Waals surface area (Å²) in [5, 5.41) is 10.3. The lowest BCUT2D eigenvalue weighted by atomic mass is 9.84. The quantitative estimate of drug-likeness (QED) is 0.103. The summed E-state index contributed by atoms with van der Waals surface area (Å²) in [6.45, 7) is 2.19. The Bertz CT molecular complexity index is 4040. The zero-order chi connectivity index (χ0) is 49.6. The molecule has 350 valence electrons. The summed E-state index contributed by atoms with van der Waals surface area (Å²) in [5.41, 5.74) is 17.1. The molecular weight excluding hydrogens is 891 g/mol. The number of hydrogen-bond acceptors (Lipinski definition) is 1. The molecule has 0 aliphatic rings. The number of para-hydroxylation sites is 2. The smallest absolute Gasteiger partial charge is 0.0462 e. The van der Waals surface area contributed by atoms with Gasteiger partial charge < -0.3 is 4.90 Å². The fraction of sp³-hybridized carbons (Fsp3) is 0.0137. The molecule has 0 N–H and O–H groups in total. The molecule has 0 atom stereocenters. The van der Waals surface area contributed by atoms with Crippen molar-refractivity contribution in [3.8, 4) is 44.5 Å². The van der Waals surface area contributed by atoms with E-state index in [1.165, 1.54) is 104 Å². The first-order valence-electron chi connectivity index (χ1n) is 25.5. The van der Waals surface area contributed by atoms with E-state index < -0.39 is 0 Å². The van der Waals surface area contributed by atoms with Crippen LogP contribution in [0.15, 0.2) is 291 Å². The van der Waals surface area contributed by atoms with E-state index in [1.54, 1.807) is 0 Å². The lowest BCUT2D eigenvalue weighted by Crippen LogP contribution is -2.09. The summed E-state index contributed by atoms with van der Waals surface area (Å²) in [4.78, 5) is 2.28. The lowest BCUT2D eigenvalue weighted by Gasteiger charge is -2.25. The zero-order valence-electron chi connectivity index (χ0n) is 41.3. The Morgan fingerprint density at radius 2 is 0.595 bits per heavy atom. The second-order valence-corrected chi connectivity index (χ2v) is 19.0. The molecule has 1 heteroatoms. The van der Waals surface area contributed by atoms with Gasteiger partial charge in [0.1, 0.15) is 0 Å². The molecule has 0 spiro atoms. The van der Waals surface area contributed by atoms with Crippen LogP contribution in [0, 0.1) is 6.92 Å². The number of benzene rings is 13. The zero-order valence-corrected chi connectivity index (χ0v) is 41.3. The van der Waals surface area contributed by atoms with Crippen LogP contribution in [0.1, 0.15) is 16.7 Å². The second kappa shape index (κ2) is 20.7. The van der Waals surface area contributed by atoms with Crippen LogP contribution in [0.5, 0.6) is 0 Å². The summed E-state index contributed by atoms with van der Waals surface area (Å²) in [7, 11) is 0. The Morgan fingerprint density at radius 1 is 0.243 bits per heavy atom. The van der Waals surface area contributed by atoms with Gasteiger partial charge in [0.25, 0.3) is 0 Å². The third kappa shape index (κ3) is 9.51. The first kappa shape index (κ1) is 45.6. The van der Waals surface area contributed by atoms with Crippen LogP contribution in [0.4, 0.5) is 17.1 Å². The molecule has 0 amide bonds. The maximum absolute atomic E-state index is 2.36. The van der Waals surface area contributed by atoms with E-state index in [4.69, 9.17) is 0 Å². The summed E-state index contributed by atoms with van der Waals surface area (Å²) in [5.74, 6) is 0. The van der Waals surface area contributed by atoms with Crippen molar-refractivity contribution >= 4 is 72.3 Å². The van der Waals surface area contributed by atoms with Gasteiger partial charge in [-0.25, -0.2) is 0 Å². The van der Waals surface area contributed by atoms with Gasteiger partial charge in [-0.1, -0.05) is 260 Å². The second-order valence-electron chi connectivity index (χ2n) is 19.0. The Hall–Kier alpha value is -9.56. The Balaban J connectivity index is 0.000000151. The van der Waals surface area contributed by atoms with E-state index in [9.17, 15) is 0 Å². The number of hydrogen-bond donors (Lipinski definition) is 0. The predicted molar refractivity (Wildman–Crippen MR) is 319 cm³/mol. The Kier molecular flexibility index (Phi) is 12.7. The van der Waals surface area contributed by atoms with Crippen LogP contribution in [-0.4, -0.2) is 0 Å². The minimum atomic E-state index is 1.13. The highest BCUT2D eigenvalue weighted by atomic mass is 15.1. The molecule has 0 heterocycles. The van der Waals surface area contributed by atoms with Crippen LogP contribution in [0.2, 0.25) is 0 Å². The Morgan fingerprint density at radius 3 is 1.09 bits per heavy atom. The van der Waals surface area contributed by atoms with E-state index in [0.717, 1.165) is 17.1 Å². The van der Waals surface area contributed by atoms with Crippen molar-refractivity contribution in [3.63, 3.8) is 0 Å². The molecule has 0 aliphatic carbocycles. The van der Waals surface area contributed by atoms with Crippen LogP contribution in [0.25, 0.3) is 99.7 Å². The van der Waals surface area contributed by atoms with Gasteiger partial charge in [0.2, 0.25) is 0 Å². The molecule has 0 saturated carbocycles. The summed E-state index contributed by atoms with van der Waals surface area (Å²) in [6.07, 6.45) is 4.34. The number of rotatable bonds is 9. The van der Waals surface area contributed by atoms with Gasteiger partial charge in [0.15, 0.2) is 0 Å². The van der Waals surface area contributed by atoms with E-state index in [1.807, 2.05) is 6.07 Å². The van der Waals surface area contributed by atoms with Crippen molar-refractivity contribution in [2.75, 3.05) is 4.90 Å². The molecule has 13 aromatic carbocycles. The predicted octanol–water partition coefficient (Wildman–Crippen LogP) is 20.6. The fourth-order valence-corrected chi connectivity index (χ4v) is 10.4. The van der Waals surface area contributed by atoms with Gasteiger partial charge in [0, 0.05) is 17.1 Å². The topological polar surface area (TPSA) is 3.24 Å². The molecular formula is C73H53N. The van der Waals surface area contributed by atoms with E-state index >= 15 is 0 Å². The molecule has 0 saturated heterocycles. The largest absolute Gasteiger partial charge is 0.311 e. The monoisotopic (exact) mass is 943 g/mol. The number of fused-ring (bicyclic) bond motifs is 4. The molecule has 0 fully saturated rings. The van der Waals surface area contributed by atoms with Crippen molar-refractivity contribution in [2.45, 2.75) is 6.92 Å². The minimum Gasteiger partial charge on any atom is -0.311 e. The Labute approximate surface area is 434 Å². The van der Waals surface area contributed by atoms with E-state index in [2.05, 4.69) is 309 Å². The lowest BCUT2D eigenvalue weighted by molar-refractivity contribution is 1.28. The van der Waals surface area contributed by atoms with Crippen LogP contribution in [-0.2, 0) is 0 Å². The van der Waals surface area contributed by atoms with Crippen LogP contribution >= 0.6 is 0 Å². The average molecular weight is 944 g/mol. The van der Waals surface area contributed by atoms with Gasteiger partial charge in [-0.05, 0) is 154 Å². The van der Waals surface area contributed by atoms with Crippen molar-refractivity contribution in [3.05, 3.63) is 308 Å². The normalized spacial score (nSPS) is 11.3. The van der Waals surface area contributed by atoms with E-state index in [0.29, 0.717) is 0 Å². The maximum Gasteiger partial charge on any atom is 0.0462 e. The molecule has 13 aromatic rings. The molecule has 0 bridgehead atoms. The molecule has 0 aromatic heterocycles. The molecule has 74 heavy (non-hydrogen) atoms. The molecule has 1 nitrogen and oxygen atoms in total. The average Bonchev–Trinajstić information content (AvgIpc) is 3.51. The van der Waals surface area contributed by atoms with Crippen molar-refractivity contribution in [1.82, 2.24) is 0 Å². The molecule has 0 unspecified atom stereocenters. The number of aryl methyl sites for hydroxylation is 1. The summed E-state index contributed by atoms with van der Waals surface area (Å²) < 4.78 is 0. The van der Waals surface area contributed by atoms with Crippen molar-refractivity contribution in [1.29, 1.82) is 0 Å². The first-order chi connectivity index (χ1) is 36.6. The number of nitrogens with zero attached hydrogens (tertiary/aromatic N) is 1. The van der Waals surface area contributed by atoms with Gasteiger partial charge >= 0.3 is 0 Å². The first-order valence-corrected chi connectivity index (χ1v) is 25.5. The summed E-state index contributed by atoms with van der Waals surface area (Å²) in [6, 6.07) is 104. The highest BCUT2D eigenvalue weighted by Gasteiger charge is 2.18. The SMILES string of the molecule is C(=C\c1ccc(N(c2ccccc2)c2ccccc2)cc1)/c1ccc(-c2ccc(-c3ccccc3)cc2)cc1.Cc1ccc2c(-c3ccc4ccccc4c3)c3ccccc3c(-c3ccc4ccccc4c3)c2c1. The van der Waals surface area contributed by atoms with Gasteiger partial charge in [-0.3, -0.25) is 0 Å². The highest BCUT2D eigenvalue weighted by Crippen LogP contribution is 2.45. The van der Waals surface area contributed by atoms with Crippen LogP contribution < -0.4 is 4.90 Å². The summed E-state index contributed by atoms with van der Waals surface area (Å²) >= 11 is 0. The van der Waals surface area contributed by atoms with Gasteiger partial charge in [-0.2, -0.15) is 0 Å². The van der Waals surface area contributed by atoms with Crippen LogP contribution in [0.3, 0.4) is 0 Å². The molecule has 0 aliphatic heterocycles. The van der Waals surface area contributed by atoms with Crippen molar-refractivity contribution < 1.29 is 0 Å². The number of anilines is 3. The fourth-order valence-electron chi connectivity index (χ4n) is 10.4. The van der Waals surface area contributed by atoms with Crippen molar-refractivity contribution in [2.24, 2.45) is 0 Å². The third-order valence-electron chi connectivity index (χ3n) is 14.1. The standard InChI is InChI=1S/C38H29N.C35H24/c1-4-10-32(11-5-1)34-24-26-35(27-25-34)33-22-18-30(19-23-33)16-17-31-20-28-38(29-21-31)39(36-12-6-2-7-13-36)37-14-8-3-9-15-37;1-23-14-19-32-33(20-23)35(29-18-16-25-9-3-5-11-27(25)22-29)31-13-7-6-12-30(31)34(32)28-17-15-24-8-2-4-10-26(24)21-28/h1-29H;2-22H,1H3/b17-16+;. The van der Waals surface area contributed by atoms with Gasteiger partial charge in [-0.15, -0.1) is 0 Å². The maximum atomic E-state index is 2.36. The highest BCUT2D eigenvalue weighted by molar-refractivity contribution is 6.22. The molecule has 0 radical (unpaired) electrons. The van der Waals surface area contributed by atoms with Gasteiger partial charge in [0.05, 0.1) is 0 Å². The minimum absolute atomic E-state index is 1.13. The molecule has 13 rings (SSSR count). The van der Waals surface area contributed by atoms with E-state index in [-0.39, 0.29) is 0 Å².